The lowest BCUT2D eigenvalue weighted by atomic mass is 10.2. The predicted octanol–water partition coefficient (Wildman–Crippen LogP) is 3.45. The van der Waals surface area contributed by atoms with Gasteiger partial charge in [-0.2, -0.15) is 4.99 Å². The van der Waals surface area contributed by atoms with Gasteiger partial charge in [-0.3, -0.25) is 0 Å². The third-order valence-corrected chi connectivity index (χ3v) is 7.98. The molecule has 1 fully saturated rings. The number of aliphatic imine (C=N–C) groups is 1. The molecule has 0 aliphatic carbocycles. The molecule has 0 bridgehead atoms. The second-order valence-electron chi connectivity index (χ2n) is 6.14. The van der Waals surface area contributed by atoms with Crippen LogP contribution in [0.2, 0.25) is 0 Å². The van der Waals surface area contributed by atoms with Crippen LogP contribution in [0.5, 0.6) is 0 Å². The predicted molar refractivity (Wildman–Crippen MR) is 106 cm³/mol. The fraction of sp³-hybridized carbons (Fsp3) is 0.500. The monoisotopic (exact) mass is 385 g/mol. The van der Waals surface area contributed by atoms with Crippen LogP contribution >= 0.6 is 24.0 Å². The fourth-order valence-electron chi connectivity index (χ4n) is 2.61. The molecule has 5 nitrogen and oxygen atoms in total. The molecule has 1 aromatic rings. The van der Waals surface area contributed by atoms with Crippen LogP contribution in [0, 0.1) is 0 Å². The Kier molecular flexibility index (Phi) is 5.93. The van der Waals surface area contributed by atoms with E-state index in [1.54, 1.807) is 0 Å². The smallest absolute Gasteiger partial charge is 0.253 e. The van der Waals surface area contributed by atoms with Crippen molar-refractivity contribution in [1.29, 1.82) is 0 Å². The summed E-state index contributed by atoms with van der Waals surface area (Å²) < 4.78 is 25.9. The van der Waals surface area contributed by atoms with Gasteiger partial charge >= 0.3 is 0 Å². The highest BCUT2D eigenvalue weighted by Crippen LogP contribution is 2.44. The molecule has 0 aromatic heterocycles. The Labute approximate surface area is 154 Å². The summed E-state index contributed by atoms with van der Waals surface area (Å²) >= 11 is 6.67. The highest BCUT2D eigenvalue weighted by molar-refractivity contribution is 8.25. The fourth-order valence-corrected chi connectivity index (χ4v) is 6.57. The minimum atomic E-state index is -3.49. The van der Waals surface area contributed by atoms with Gasteiger partial charge in [0.2, 0.25) is 0 Å². The molecule has 1 heterocycles. The quantitative estimate of drug-likeness (QED) is 0.746. The van der Waals surface area contributed by atoms with Crippen molar-refractivity contribution in [3.63, 3.8) is 0 Å². The van der Waals surface area contributed by atoms with E-state index in [0.717, 1.165) is 5.56 Å². The first kappa shape index (κ1) is 19.2. The Bertz CT molecular complexity index is 722. The average Bonchev–Trinajstić information content (AvgIpc) is 2.71. The van der Waals surface area contributed by atoms with Crippen molar-refractivity contribution >= 4 is 44.3 Å². The van der Waals surface area contributed by atoms with Crippen molar-refractivity contribution in [2.24, 2.45) is 4.99 Å². The Morgan fingerprint density at radius 3 is 2.25 bits per heavy atom. The van der Waals surface area contributed by atoms with Gasteiger partial charge in [0, 0.05) is 19.1 Å². The number of thiocarbonyl (C=S) groups is 1. The van der Waals surface area contributed by atoms with Crippen LogP contribution in [0.3, 0.4) is 0 Å². The van der Waals surface area contributed by atoms with E-state index in [9.17, 15) is 8.42 Å². The molecular weight excluding hydrogens is 362 g/mol. The second-order valence-corrected chi connectivity index (χ2v) is 9.93. The summed E-state index contributed by atoms with van der Waals surface area (Å²) in [5.41, 5.74) is 0.745. The minimum Gasteiger partial charge on any atom is -0.343 e. The lowest BCUT2D eigenvalue weighted by molar-refractivity contribution is 0.294. The van der Waals surface area contributed by atoms with Crippen LogP contribution in [-0.2, 0) is 10.0 Å². The summed E-state index contributed by atoms with van der Waals surface area (Å²) in [6.45, 7) is 8.17. The summed E-state index contributed by atoms with van der Waals surface area (Å²) in [5, 5.41) is 0.832. The Hall–Kier alpha value is -1.12. The van der Waals surface area contributed by atoms with E-state index in [2.05, 4.69) is 4.99 Å². The number of nitrogens with zero attached hydrogens (tertiary/aromatic N) is 3. The maximum Gasteiger partial charge on any atom is 0.253 e. The van der Waals surface area contributed by atoms with Crippen LogP contribution in [0.1, 0.15) is 37.8 Å². The first-order chi connectivity index (χ1) is 11.2. The third kappa shape index (κ3) is 3.75. The van der Waals surface area contributed by atoms with E-state index in [4.69, 9.17) is 12.2 Å². The minimum absolute atomic E-state index is 0.195. The number of rotatable bonds is 3. The molecule has 0 spiro atoms. The van der Waals surface area contributed by atoms with Crippen molar-refractivity contribution in [3.05, 3.63) is 35.9 Å². The number of hydrogen-bond donors (Lipinski definition) is 0. The molecule has 2 rings (SSSR count). The van der Waals surface area contributed by atoms with Gasteiger partial charge in [0.05, 0.1) is 0 Å². The van der Waals surface area contributed by atoms with E-state index in [0.29, 0.717) is 10.3 Å². The Morgan fingerprint density at radius 2 is 1.75 bits per heavy atom. The first-order valence-electron chi connectivity index (χ1n) is 7.76. The highest BCUT2D eigenvalue weighted by Gasteiger charge is 2.43. The maximum absolute atomic E-state index is 12.7. The Morgan fingerprint density at radius 1 is 1.21 bits per heavy atom. The summed E-state index contributed by atoms with van der Waals surface area (Å²) in [6.07, 6.45) is 0. The van der Waals surface area contributed by atoms with Crippen molar-refractivity contribution in [2.45, 2.75) is 44.4 Å². The molecule has 0 radical (unpaired) electrons. The van der Waals surface area contributed by atoms with E-state index < -0.39 is 14.6 Å². The molecule has 1 atom stereocenters. The summed E-state index contributed by atoms with van der Waals surface area (Å²) in [5.74, 6) is 0. The number of hydrogen-bond acceptors (Lipinski definition) is 4. The SMILES string of the molecule is CC(C)N(C(=S)/N=C1\SC(c2ccccc2)S(=O)(=O)N1C)C(C)C. The van der Waals surface area contributed by atoms with Crippen molar-refractivity contribution in [2.75, 3.05) is 7.05 Å². The second kappa shape index (κ2) is 7.41. The maximum atomic E-state index is 12.7. The molecular formula is C16H23N3O2S3. The first-order valence-corrected chi connectivity index (χ1v) is 10.6. The zero-order valence-electron chi connectivity index (χ0n) is 14.5. The molecule has 0 N–H and O–H groups in total. The van der Waals surface area contributed by atoms with Gasteiger partial charge in [0.1, 0.15) is 0 Å². The molecule has 24 heavy (non-hydrogen) atoms. The van der Waals surface area contributed by atoms with Gasteiger partial charge in [-0.15, -0.1) is 0 Å². The van der Waals surface area contributed by atoms with Gasteiger partial charge < -0.3 is 4.90 Å². The van der Waals surface area contributed by atoms with Crippen molar-refractivity contribution < 1.29 is 8.42 Å². The number of thioether (sulfide) groups is 1. The molecule has 8 heteroatoms. The molecule has 0 saturated carbocycles. The average molecular weight is 386 g/mol. The van der Waals surface area contributed by atoms with Gasteiger partial charge in [0.15, 0.2) is 14.9 Å². The van der Waals surface area contributed by atoms with Gasteiger partial charge in [0.25, 0.3) is 10.0 Å². The number of benzene rings is 1. The number of sulfonamides is 1. The third-order valence-electron chi connectivity index (χ3n) is 3.73. The van der Waals surface area contributed by atoms with E-state index in [1.807, 2.05) is 62.9 Å². The standard InChI is InChI=1S/C16H23N3O2S3/c1-11(2)19(12(3)4)15(22)17-16-18(5)24(20,21)14(23-16)13-9-7-6-8-10-13/h6-12,14H,1-5H3/b17-16-. The molecule has 1 saturated heterocycles. The molecule has 1 aromatic carbocycles. The zero-order valence-corrected chi connectivity index (χ0v) is 17.0. The van der Waals surface area contributed by atoms with Crippen LogP contribution in [-0.4, -0.2) is 47.0 Å². The van der Waals surface area contributed by atoms with Crippen LogP contribution in [0.15, 0.2) is 35.3 Å². The van der Waals surface area contributed by atoms with Crippen LogP contribution in [0.4, 0.5) is 0 Å². The summed E-state index contributed by atoms with van der Waals surface area (Å²) in [6, 6.07) is 9.57. The highest BCUT2D eigenvalue weighted by atomic mass is 32.3. The van der Waals surface area contributed by atoms with Crippen molar-refractivity contribution in [1.82, 2.24) is 9.21 Å². The van der Waals surface area contributed by atoms with E-state index >= 15 is 0 Å². The molecule has 1 unspecified atom stereocenters. The van der Waals surface area contributed by atoms with Gasteiger partial charge in [-0.1, -0.05) is 42.1 Å². The summed E-state index contributed by atoms with van der Waals surface area (Å²) in [4.78, 5) is 6.45. The molecule has 132 valence electrons. The largest absolute Gasteiger partial charge is 0.343 e. The van der Waals surface area contributed by atoms with E-state index in [1.165, 1.54) is 23.1 Å². The summed E-state index contributed by atoms with van der Waals surface area (Å²) in [7, 11) is -1.96. The lowest BCUT2D eigenvalue weighted by Crippen LogP contribution is -2.41. The van der Waals surface area contributed by atoms with Gasteiger partial charge in [-0.05, 0) is 45.5 Å². The van der Waals surface area contributed by atoms with Crippen LogP contribution < -0.4 is 0 Å². The van der Waals surface area contributed by atoms with E-state index in [-0.39, 0.29) is 12.1 Å². The lowest BCUT2D eigenvalue weighted by Gasteiger charge is -2.31. The van der Waals surface area contributed by atoms with Crippen molar-refractivity contribution in [3.8, 4) is 0 Å². The molecule has 1 aliphatic heterocycles. The zero-order chi connectivity index (χ0) is 18.1. The van der Waals surface area contributed by atoms with Gasteiger partial charge in [-0.25, -0.2) is 12.7 Å². The molecule has 0 amide bonds. The normalized spacial score (nSPS) is 21.7. The van der Waals surface area contributed by atoms with Crippen LogP contribution in [0.25, 0.3) is 0 Å². The molecule has 1 aliphatic rings. The Balaban J connectivity index is 2.34. The number of amidine groups is 1. The topological polar surface area (TPSA) is 53.0 Å².